The predicted molar refractivity (Wildman–Crippen MR) is 123 cm³/mol. The Morgan fingerprint density at radius 2 is 1.00 bits per heavy atom. The van der Waals surface area contributed by atoms with Gasteiger partial charge in [0.25, 0.3) is 0 Å². The first-order valence-corrected chi connectivity index (χ1v) is 11.5. The van der Waals surface area contributed by atoms with Crippen molar-refractivity contribution < 1.29 is 38.0 Å². The molecule has 182 valence electrons. The topological polar surface area (TPSA) is 89.5 Å². The van der Waals surface area contributed by atoms with Crippen LogP contribution in [0.4, 0.5) is 0 Å². The maximum absolute atomic E-state index is 12.2. The maximum Gasteiger partial charge on any atom is 0.338 e. The van der Waals surface area contributed by atoms with Crippen LogP contribution in [-0.2, 0) is 28.4 Å². The van der Waals surface area contributed by atoms with Crippen LogP contribution in [0, 0.1) is 11.8 Å². The molecule has 2 aromatic carbocycles. The molecule has 0 saturated carbocycles. The molecular weight excluding hydrogens is 440 g/mol. The van der Waals surface area contributed by atoms with E-state index in [1.807, 2.05) is 24.3 Å². The van der Waals surface area contributed by atoms with E-state index in [2.05, 4.69) is 0 Å². The number of carbonyl (C=O) groups is 2. The smallest absolute Gasteiger partial charge is 0.338 e. The van der Waals surface area contributed by atoms with Crippen LogP contribution in [0.15, 0.2) is 48.5 Å². The molecular formula is C26H30O8. The fraction of sp³-hybridized carbons (Fsp3) is 0.462. The fourth-order valence-electron chi connectivity index (χ4n) is 3.41. The second kappa shape index (κ2) is 12.6. The van der Waals surface area contributed by atoms with Crippen molar-refractivity contribution in [3.05, 3.63) is 59.7 Å². The van der Waals surface area contributed by atoms with Crippen molar-refractivity contribution in [2.24, 2.45) is 11.8 Å². The highest BCUT2D eigenvalue weighted by Crippen LogP contribution is 2.21. The van der Waals surface area contributed by atoms with E-state index in [4.69, 9.17) is 28.4 Å². The van der Waals surface area contributed by atoms with Crippen molar-refractivity contribution in [1.29, 1.82) is 0 Å². The molecule has 2 saturated heterocycles. The Kier molecular flexibility index (Phi) is 9.04. The average Bonchev–Trinajstić information content (AvgIpc) is 2.81. The van der Waals surface area contributed by atoms with Gasteiger partial charge >= 0.3 is 11.9 Å². The lowest BCUT2D eigenvalue weighted by Crippen LogP contribution is -2.32. The zero-order valence-electron chi connectivity index (χ0n) is 19.1. The molecule has 8 nitrogen and oxygen atoms in total. The van der Waals surface area contributed by atoms with Gasteiger partial charge in [0.15, 0.2) is 0 Å². The molecule has 34 heavy (non-hydrogen) atoms. The number of ether oxygens (including phenoxy) is 6. The van der Waals surface area contributed by atoms with Crippen molar-refractivity contribution in [3.8, 4) is 11.1 Å². The summed E-state index contributed by atoms with van der Waals surface area (Å²) in [5.74, 6) is 0.149. The van der Waals surface area contributed by atoms with Gasteiger partial charge in [-0.2, -0.15) is 0 Å². The summed E-state index contributed by atoms with van der Waals surface area (Å²) in [5, 5.41) is 0. The van der Waals surface area contributed by atoms with E-state index in [1.165, 1.54) is 0 Å². The van der Waals surface area contributed by atoms with Crippen LogP contribution in [-0.4, -0.2) is 78.0 Å². The molecule has 0 bridgehead atoms. The lowest BCUT2D eigenvalue weighted by Gasteiger charge is -2.25. The molecule has 8 heteroatoms. The van der Waals surface area contributed by atoms with Gasteiger partial charge in [0, 0.05) is 11.8 Å². The number of esters is 2. The van der Waals surface area contributed by atoms with Crippen LogP contribution in [0.3, 0.4) is 0 Å². The Morgan fingerprint density at radius 1 is 0.618 bits per heavy atom. The van der Waals surface area contributed by atoms with E-state index >= 15 is 0 Å². The number of benzene rings is 2. The van der Waals surface area contributed by atoms with Crippen molar-refractivity contribution in [1.82, 2.24) is 0 Å². The maximum atomic E-state index is 12.2. The summed E-state index contributed by atoms with van der Waals surface area (Å²) >= 11 is 0. The van der Waals surface area contributed by atoms with E-state index in [0.717, 1.165) is 37.6 Å². The van der Waals surface area contributed by atoms with Crippen molar-refractivity contribution >= 4 is 11.9 Å². The van der Waals surface area contributed by atoms with E-state index in [1.54, 1.807) is 24.3 Å². The molecule has 2 aliphatic rings. The number of hydrogen-bond acceptors (Lipinski definition) is 8. The summed E-state index contributed by atoms with van der Waals surface area (Å²) < 4.78 is 31.6. The normalized spacial score (nSPS) is 15.9. The first kappa shape index (κ1) is 24.3. The van der Waals surface area contributed by atoms with Gasteiger partial charge in [0.2, 0.25) is 0 Å². The van der Waals surface area contributed by atoms with E-state index in [-0.39, 0.29) is 25.2 Å². The number of hydrogen-bond donors (Lipinski definition) is 0. The van der Waals surface area contributed by atoms with Crippen LogP contribution in [0.5, 0.6) is 0 Å². The third-order valence-corrected chi connectivity index (χ3v) is 5.62. The van der Waals surface area contributed by atoms with E-state index < -0.39 is 0 Å². The minimum Gasteiger partial charge on any atom is -0.460 e. The molecule has 2 aromatic rings. The van der Waals surface area contributed by atoms with Gasteiger partial charge in [-0.05, 0) is 35.4 Å². The zero-order valence-corrected chi connectivity index (χ0v) is 19.1. The molecule has 4 rings (SSSR count). The zero-order chi connectivity index (χ0) is 23.6. The molecule has 0 radical (unpaired) electrons. The first-order chi connectivity index (χ1) is 16.7. The van der Waals surface area contributed by atoms with E-state index in [0.29, 0.717) is 49.4 Å². The summed E-state index contributed by atoms with van der Waals surface area (Å²) in [5.41, 5.74) is 2.80. The van der Waals surface area contributed by atoms with Gasteiger partial charge in [0.1, 0.15) is 13.2 Å². The minimum absolute atomic E-state index is 0.216. The van der Waals surface area contributed by atoms with Crippen LogP contribution < -0.4 is 0 Å². The SMILES string of the molecule is O=C(OCCOCC1COC1)c1ccc(-c2ccc(C(=O)OCCOCC3COC3)cc2)cc1. The molecule has 0 amide bonds. The van der Waals surface area contributed by atoms with Gasteiger partial charge in [-0.3, -0.25) is 0 Å². The summed E-state index contributed by atoms with van der Waals surface area (Å²) in [6, 6.07) is 14.3. The van der Waals surface area contributed by atoms with Crippen molar-refractivity contribution in [2.75, 3.05) is 66.1 Å². The molecule has 0 aliphatic carbocycles. The molecule has 0 N–H and O–H groups in total. The van der Waals surface area contributed by atoms with Crippen LogP contribution >= 0.6 is 0 Å². The molecule has 0 atom stereocenters. The highest BCUT2D eigenvalue weighted by molar-refractivity contribution is 5.91. The Bertz CT molecular complexity index is 839. The van der Waals surface area contributed by atoms with Gasteiger partial charge in [-0.15, -0.1) is 0 Å². The second-order valence-corrected chi connectivity index (χ2v) is 8.38. The monoisotopic (exact) mass is 470 g/mol. The second-order valence-electron chi connectivity index (χ2n) is 8.38. The lowest BCUT2D eigenvalue weighted by atomic mass is 10.0. The molecule has 2 fully saturated rings. The Balaban J connectivity index is 1.16. The fourth-order valence-corrected chi connectivity index (χ4v) is 3.41. The quantitative estimate of drug-likeness (QED) is 0.326. The van der Waals surface area contributed by atoms with Gasteiger partial charge in [-0.25, -0.2) is 9.59 Å². The van der Waals surface area contributed by atoms with Crippen LogP contribution in [0.25, 0.3) is 11.1 Å². The highest BCUT2D eigenvalue weighted by atomic mass is 16.6. The number of carbonyl (C=O) groups excluding carboxylic acids is 2. The predicted octanol–water partition coefficient (Wildman–Crippen LogP) is 2.99. The summed E-state index contributed by atoms with van der Waals surface area (Å²) in [4.78, 5) is 24.4. The van der Waals surface area contributed by atoms with Crippen molar-refractivity contribution in [2.45, 2.75) is 0 Å². The standard InChI is InChI=1S/C26H30O8/c27-25(33-11-9-29-13-19-15-31-16-19)23-5-1-21(2-6-23)22-3-7-24(8-4-22)26(28)34-12-10-30-14-20-17-32-18-20/h1-8,19-20H,9-18H2. The average molecular weight is 471 g/mol. The molecule has 0 spiro atoms. The van der Waals surface area contributed by atoms with Crippen molar-refractivity contribution in [3.63, 3.8) is 0 Å². The number of rotatable bonds is 13. The molecule has 2 heterocycles. The third kappa shape index (κ3) is 7.11. The van der Waals surface area contributed by atoms with Crippen LogP contribution in [0.2, 0.25) is 0 Å². The lowest BCUT2D eigenvalue weighted by molar-refractivity contribution is -0.0755. The Morgan fingerprint density at radius 3 is 1.32 bits per heavy atom. The summed E-state index contributed by atoms with van der Waals surface area (Å²) in [6.07, 6.45) is 0. The highest BCUT2D eigenvalue weighted by Gasteiger charge is 2.19. The van der Waals surface area contributed by atoms with Crippen LogP contribution in [0.1, 0.15) is 20.7 Å². The molecule has 2 aliphatic heterocycles. The van der Waals surface area contributed by atoms with Gasteiger partial charge in [0.05, 0.1) is 64.0 Å². The molecule has 0 aromatic heterocycles. The first-order valence-electron chi connectivity index (χ1n) is 11.5. The summed E-state index contributed by atoms with van der Waals surface area (Å²) in [7, 11) is 0. The molecule has 0 unspecified atom stereocenters. The summed E-state index contributed by atoms with van der Waals surface area (Å²) in [6.45, 7) is 5.41. The Labute approximate surface area is 199 Å². The Hall–Kier alpha value is -2.78. The minimum atomic E-state index is -0.384. The van der Waals surface area contributed by atoms with Gasteiger partial charge in [-0.1, -0.05) is 24.3 Å². The largest absolute Gasteiger partial charge is 0.460 e. The third-order valence-electron chi connectivity index (χ3n) is 5.62. The van der Waals surface area contributed by atoms with E-state index in [9.17, 15) is 9.59 Å². The van der Waals surface area contributed by atoms with Gasteiger partial charge < -0.3 is 28.4 Å².